The zero-order valence-corrected chi connectivity index (χ0v) is 10.0. The summed E-state index contributed by atoms with van der Waals surface area (Å²) in [5.41, 5.74) is 2.39. The summed E-state index contributed by atoms with van der Waals surface area (Å²) in [7, 11) is 0. The van der Waals surface area contributed by atoms with E-state index < -0.39 is 0 Å². The van der Waals surface area contributed by atoms with Crippen molar-refractivity contribution in [1.29, 1.82) is 0 Å². The van der Waals surface area contributed by atoms with Crippen LogP contribution in [0.25, 0.3) is 0 Å². The number of nitrogens with zero attached hydrogens (tertiary/aromatic N) is 2. The Bertz CT molecular complexity index is 490. The molecule has 1 aliphatic rings. The standard InChI is InChI=1S/C14H15N3O/c1-2-4-14-12(3-1)5-13(18-14)9-15-6-11-7-16-10-17-8-11/h1-4,7-8,10,13,15H,5-6,9H2. The molecule has 1 atom stereocenters. The van der Waals surface area contributed by atoms with Crippen LogP contribution in [0.1, 0.15) is 11.1 Å². The Balaban J connectivity index is 1.49. The van der Waals surface area contributed by atoms with Crippen LogP contribution in [0.4, 0.5) is 0 Å². The van der Waals surface area contributed by atoms with Crippen LogP contribution in [0, 0.1) is 0 Å². The minimum Gasteiger partial charge on any atom is -0.488 e. The molecule has 0 amide bonds. The summed E-state index contributed by atoms with van der Waals surface area (Å²) in [6.45, 7) is 1.61. The van der Waals surface area contributed by atoms with Crippen molar-refractivity contribution < 1.29 is 4.74 Å². The first-order valence-electron chi connectivity index (χ1n) is 6.11. The number of nitrogens with one attached hydrogen (secondary N) is 1. The molecular formula is C14H15N3O. The fourth-order valence-corrected chi connectivity index (χ4v) is 2.17. The van der Waals surface area contributed by atoms with Crippen LogP contribution in [0.2, 0.25) is 0 Å². The Morgan fingerprint density at radius 3 is 2.89 bits per heavy atom. The van der Waals surface area contributed by atoms with Crippen molar-refractivity contribution in [3.63, 3.8) is 0 Å². The molecule has 0 aliphatic carbocycles. The van der Waals surface area contributed by atoms with Gasteiger partial charge < -0.3 is 10.1 Å². The highest BCUT2D eigenvalue weighted by atomic mass is 16.5. The summed E-state index contributed by atoms with van der Waals surface area (Å²) >= 11 is 0. The van der Waals surface area contributed by atoms with Crippen molar-refractivity contribution in [2.45, 2.75) is 19.1 Å². The van der Waals surface area contributed by atoms with E-state index >= 15 is 0 Å². The van der Waals surface area contributed by atoms with Crippen LogP contribution < -0.4 is 10.1 Å². The van der Waals surface area contributed by atoms with Gasteiger partial charge in [-0.3, -0.25) is 0 Å². The number of ether oxygens (including phenoxy) is 1. The van der Waals surface area contributed by atoms with E-state index in [0.29, 0.717) is 0 Å². The summed E-state index contributed by atoms with van der Waals surface area (Å²) in [4.78, 5) is 7.97. The van der Waals surface area contributed by atoms with E-state index in [4.69, 9.17) is 4.74 Å². The Morgan fingerprint density at radius 2 is 2.06 bits per heavy atom. The summed E-state index contributed by atoms with van der Waals surface area (Å²) in [5.74, 6) is 1.02. The monoisotopic (exact) mass is 241 g/mol. The third-order valence-corrected chi connectivity index (χ3v) is 3.03. The maximum Gasteiger partial charge on any atom is 0.123 e. The lowest BCUT2D eigenvalue weighted by Gasteiger charge is -2.11. The molecule has 0 spiro atoms. The highest BCUT2D eigenvalue weighted by Crippen LogP contribution is 2.27. The van der Waals surface area contributed by atoms with Gasteiger partial charge in [0.25, 0.3) is 0 Å². The van der Waals surface area contributed by atoms with Crippen molar-refractivity contribution in [3.8, 4) is 5.75 Å². The second-order valence-corrected chi connectivity index (χ2v) is 4.43. The molecule has 18 heavy (non-hydrogen) atoms. The summed E-state index contributed by atoms with van der Waals surface area (Å²) in [5, 5.41) is 3.37. The molecule has 92 valence electrons. The molecular weight excluding hydrogens is 226 g/mol. The van der Waals surface area contributed by atoms with E-state index in [1.807, 2.05) is 24.5 Å². The van der Waals surface area contributed by atoms with E-state index in [1.165, 1.54) is 5.56 Å². The lowest BCUT2D eigenvalue weighted by molar-refractivity contribution is 0.227. The van der Waals surface area contributed by atoms with Gasteiger partial charge in [-0.1, -0.05) is 18.2 Å². The second-order valence-electron chi connectivity index (χ2n) is 4.43. The van der Waals surface area contributed by atoms with E-state index in [1.54, 1.807) is 6.33 Å². The normalized spacial score (nSPS) is 17.2. The molecule has 1 aromatic carbocycles. The van der Waals surface area contributed by atoms with E-state index in [2.05, 4.69) is 27.4 Å². The van der Waals surface area contributed by atoms with Gasteiger partial charge in [0.15, 0.2) is 0 Å². The number of hydrogen-bond donors (Lipinski definition) is 1. The van der Waals surface area contributed by atoms with Gasteiger partial charge in [-0.2, -0.15) is 0 Å². The van der Waals surface area contributed by atoms with E-state index in [0.717, 1.165) is 30.8 Å². The maximum atomic E-state index is 5.85. The molecule has 0 saturated heterocycles. The third-order valence-electron chi connectivity index (χ3n) is 3.03. The molecule has 1 aliphatic heterocycles. The molecule has 0 fully saturated rings. The highest BCUT2D eigenvalue weighted by molar-refractivity contribution is 5.37. The third kappa shape index (κ3) is 2.49. The van der Waals surface area contributed by atoms with Gasteiger partial charge >= 0.3 is 0 Å². The van der Waals surface area contributed by atoms with E-state index in [-0.39, 0.29) is 6.10 Å². The Morgan fingerprint density at radius 1 is 1.22 bits per heavy atom. The van der Waals surface area contributed by atoms with Gasteiger partial charge in [-0.05, 0) is 11.6 Å². The van der Waals surface area contributed by atoms with Gasteiger partial charge in [-0.25, -0.2) is 9.97 Å². The number of benzene rings is 1. The fourth-order valence-electron chi connectivity index (χ4n) is 2.17. The SMILES string of the molecule is c1ccc2c(c1)CC(CNCc1cncnc1)O2. The van der Waals surface area contributed by atoms with Crippen molar-refractivity contribution in [2.75, 3.05) is 6.54 Å². The number of rotatable bonds is 4. The lowest BCUT2D eigenvalue weighted by atomic mass is 10.1. The zero-order valence-electron chi connectivity index (χ0n) is 10.0. The van der Waals surface area contributed by atoms with Crippen LogP contribution >= 0.6 is 0 Å². The molecule has 4 heteroatoms. The first kappa shape index (κ1) is 11.2. The summed E-state index contributed by atoms with van der Waals surface area (Å²) < 4.78 is 5.85. The fraction of sp³-hybridized carbons (Fsp3) is 0.286. The molecule has 2 aromatic rings. The number of hydrogen-bond acceptors (Lipinski definition) is 4. The van der Waals surface area contributed by atoms with Crippen LogP contribution in [0.3, 0.4) is 0 Å². The van der Waals surface area contributed by atoms with Crippen molar-refractivity contribution >= 4 is 0 Å². The van der Waals surface area contributed by atoms with E-state index in [9.17, 15) is 0 Å². The van der Waals surface area contributed by atoms with Gasteiger partial charge in [0.05, 0.1) is 0 Å². The molecule has 2 heterocycles. The minimum atomic E-state index is 0.229. The smallest absolute Gasteiger partial charge is 0.123 e. The minimum absolute atomic E-state index is 0.229. The van der Waals surface area contributed by atoms with Crippen LogP contribution in [-0.4, -0.2) is 22.6 Å². The number of fused-ring (bicyclic) bond motifs is 1. The van der Waals surface area contributed by atoms with Gasteiger partial charge in [0.1, 0.15) is 18.2 Å². The second kappa shape index (κ2) is 5.14. The number of para-hydroxylation sites is 1. The molecule has 0 bridgehead atoms. The molecule has 0 radical (unpaired) electrons. The number of aromatic nitrogens is 2. The largest absolute Gasteiger partial charge is 0.488 e. The zero-order chi connectivity index (χ0) is 12.2. The average molecular weight is 241 g/mol. The molecule has 0 saturated carbocycles. The van der Waals surface area contributed by atoms with Crippen LogP contribution in [-0.2, 0) is 13.0 Å². The highest BCUT2D eigenvalue weighted by Gasteiger charge is 2.21. The predicted molar refractivity (Wildman–Crippen MR) is 68.3 cm³/mol. The van der Waals surface area contributed by atoms with Crippen molar-refractivity contribution in [1.82, 2.24) is 15.3 Å². The van der Waals surface area contributed by atoms with Gasteiger partial charge in [0, 0.05) is 37.5 Å². The molecule has 1 unspecified atom stereocenters. The first-order chi connectivity index (χ1) is 8.92. The average Bonchev–Trinajstić information content (AvgIpc) is 2.82. The van der Waals surface area contributed by atoms with Crippen molar-refractivity contribution in [2.24, 2.45) is 0 Å². The molecule has 1 aromatic heterocycles. The predicted octanol–water partition coefficient (Wildman–Crippen LogP) is 1.57. The Labute approximate surface area is 106 Å². The molecule has 3 rings (SSSR count). The van der Waals surface area contributed by atoms with Crippen LogP contribution in [0.15, 0.2) is 43.0 Å². The summed E-state index contributed by atoms with van der Waals surface area (Å²) in [6, 6.07) is 8.22. The summed E-state index contributed by atoms with van der Waals surface area (Å²) in [6.07, 6.45) is 6.40. The molecule has 4 nitrogen and oxygen atoms in total. The molecule has 1 N–H and O–H groups in total. The Hall–Kier alpha value is -1.94. The van der Waals surface area contributed by atoms with Crippen molar-refractivity contribution in [3.05, 3.63) is 54.1 Å². The van der Waals surface area contributed by atoms with Gasteiger partial charge in [0.2, 0.25) is 0 Å². The van der Waals surface area contributed by atoms with Gasteiger partial charge in [-0.15, -0.1) is 0 Å². The maximum absolute atomic E-state index is 5.85. The topological polar surface area (TPSA) is 47.0 Å². The lowest BCUT2D eigenvalue weighted by Crippen LogP contribution is -2.29. The first-order valence-corrected chi connectivity index (χ1v) is 6.11. The Kier molecular flexibility index (Phi) is 3.19. The van der Waals surface area contributed by atoms with Crippen LogP contribution in [0.5, 0.6) is 5.75 Å². The quantitative estimate of drug-likeness (QED) is 0.882.